The van der Waals surface area contributed by atoms with Crippen LogP contribution in [0, 0.1) is 11.3 Å². The molecule has 2 aromatic rings. The molecule has 1 aromatic heterocycles. The van der Waals surface area contributed by atoms with Crippen LogP contribution in [0.4, 0.5) is 8.78 Å². The Morgan fingerprint density at radius 2 is 2.08 bits per heavy atom. The van der Waals surface area contributed by atoms with Crippen LogP contribution in [-0.4, -0.2) is 50.8 Å². The second kappa shape index (κ2) is 11.0. The molecule has 36 heavy (non-hydrogen) atoms. The number of aliphatic hydroxyl groups is 2. The van der Waals surface area contributed by atoms with E-state index in [0.29, 0.717) is 31.4 Å². The molecule has 3 N–H and O–H groups in total. The molecule has 0 saturated heterocycles. The molecule has 1 saturated carbocycles. The molecule has 0 aliphatic heterocycles. The Bertz CT molecular complexity index is 1090. The average molecular weight is 528 g/mol. The summed E-state index contributed by atoms with van der Waals surface area (Å²) in [5, 5.41) is 28.1. The van der Waals surface area contributed by atoms with Crippen LogP contribution in [0.2, 0.25) is 5.02 Å². The molecule has 1 heterocycles. The lowest BCUT2D eigenvalue weighted by Gasteiger charge is -2.39. The number of nitrogens with one attached hydrogen (secondary N) is 1. The molecule has 1 aliphatic carbocycles. The SMILES string of the molecule is CCn1nc(C(=O)NC[C@@]2(O)CC[C@H](C)C[C@@H]2O)c(Cl)c1-c1ccc(CC(C)(C)C)cc1OC(F)F. The fourth-order valence-electron chi connectivity index (χ4n) is 4.65. The average Bonchev–Trinajstić information content (AvgIpc) is 3.10. The van der Waals surface area contributed by atoms with Gasteiger partial charge in [-0.3, -0.25) is 9.48 Å². The molecule has 1 amide bonds. The lowest BCUT2D eigenvalue weighted by molar-refractivity contribution is -0.106. The zero-order valence-corrected chi connectivity index (χ0v) is 22.2. The van der Waals surface area contributed by atoms with Crippen LogP contribution in [0.25, 0.3) is 11.3 Å². The number of nitrogens with zero attached hydrogens (tertiary/aromatic N) is 2. The minimum atomic E-state index is -3.04. The Kier molecular flexibility index (Phi) is 8.68. The molecule has 0 radical (unpaired) electrons. The van der Waals surface area contributed by atoms with Gasteiger partial charge in [0.25, 0.3) is 5.91 Å². The van der Waals surface area contributed by atoms with E-state index in [9.17, 15) is 23.8 Å². The number of aromatic nitrogens is 2. The van der Waals surface area contributed by atoms with Crippen LogP contribution in [0.5, 0.6) is 5.75 Å². The highest BCUT2D eigenvalue weighted by atomic mass is 35.5. The number of hydrogen-bond donors (Lipinski definition) is 3. The van der Waals surface area contributed by atoms with Crippen molar-refractivity contribution in [2.45, 2.75) is 85.2 Å². The van der Waals surface area contributed by atoms with E-state index in [-0.39, 0.29) is 40.0 Å². The first-order valence-corrected chi connectivity index (χ1v) is 12.6. The van der Waals surface area contributed by atoms with Gasteiger partial charge in [-0.1, -0.05) is 45.4 Å². The molecule has 0 spiro atoms. The summed E-state index contributed by atoms with van der Waals surface area (Å²) in [6.07, 6.45) is 1.22. The summed E-state index contributed by atoms with van der Waals surface area (Å²) in [5.74, 6) is -0.398. The smallest absolute Gasteiger partial charge is 0.387 e. The number of carbonyl (C=O) groups excluding carboxylic acids is 1. The number of halogens is 3. The molecule has 3 rings (SSSR count). The summed E-state index contributed by atoms with van der Waals surface area (Å²) >= 11 is 6.60. The number of aryl methyl sites for hydroxylation is 1. The predicted molar refractivity (Wildman–Crippen MR) is 134 cm³/mol. The van der Waals surface area contributed by atoms with Gasteiger partial charge in [-0.25, -0.2) is 0 Å². The number of carbonyl (C=O) groups is 1. The molecule has 1 fully saturated rings. The predicted octanol–water partition coefficient (Wildman–Crippen LogP) is 5.06. The third kappa shape index (κ3) is 6.55. The van der Waals surface area contributed by atoms with Crippen LogP contribution in [-0.2, 0) is 13.0 Å². The topological polar surface area (TPSA) is 96.6 Å². The first-order chi connectivity index (χ1) is 16.7. The minimum Gasteiger partial charge on any atom is -0.434 e. The lowest BCUT2D eigenvalue weighted by Crippen LogP contribution is -2.54. The Morgan fingerprint density at radius 3 is 2.67 bits per heavy atom. The van der Waals surface area contributed by atoms with Gasteiger partial charge in [0, 0.05) is 18.7 Å². The summed E-state index contributed by atoms with van der Waals surface area (Å²) in [7, 11) is 0. The monoisotopic (exact) mass is 527 g/mol. The van der Waals surface area contributed by atoms with Gasteiger partial charge >= 0.3 is 6.61 Å². The zero-order chi connectivity index (χ0) is 26.8. The van der Waals surface area contributed by atoms with Crippen LogP contribution in [0.1, 0.15) is 69.9 Å². The number of alkyl halides is 2. The van der Waals surface area contributed by atoms with Crippen molar-refractivity contribution < 1.29 is 28.5 Å². The van der Waals surface area contributed by atoms with Gasteiger partial charge in [-0.05, 0) is 61.6 Å². The number of amides is 1. The number of aliphatic hydroxyl groups excluding tert-OH is 1. The van der Waals surface area contributed by atoms with E-state index in [2.05, 4.69) is 10.4 Å². The molecular formula is C26H36ClF2N3O4. The van der Waals surface area contributed by atoms with E-state index in [0.717, 1.165) is 12.0 Å². The van der Waals surface area contributed by atoms with Crippen molar-refractivity contribution in [1.82, 2.24) is 15.1 Å². The maximum Gasteiger partial charge on any atom is 0.387 e. The molecule has 10 heteroatoms. The van der Waals surface area contributed by atoms with Gasteiger partial charge in [0.1, 0.15) is 11.4 Å². The van der Waals surface area contributed by atoms with E-state index in [1.807, 2.05) is 33.8 Å². The third-order valence-corrected chi connectivity index (χ3v) is 6.89. The second-order valence-corrected chi connectivity index (χ2v) is 11.3. The fraction of sp³-hybridized carbons (Fsp3) is 0.615. The standard InChI is InChI=1S/C26H36ClF2N3O4/c1-6-32-22(17-8-7-16(13-25(3,4)5)12-18(17)36-24(28)29)20(27)21(31-32)23(34)30-14-26(35)10-9-15(2)11-19(26)33/h7-8,12,15,19,24,33,35H,6,9-11,13-14H2,1-5H3,(H,30,34)/t15-,19-,26-/m0/s1. The molecule has 3 atom stereocenters. The lowest BCUT2D eigenvalue weighted by atomic mass is 9.77. The molecular weight excluding hydrogens is 492 g/mol. The molecule has 0 bridgehead atoms. The van der Waals surface area contributed by atoms with Crippen molar-refractivity contribution in [2.24, 2.45) is 11.3 Å². The largest absolute Gasteiger partial charge is 0.434 e. The second-order valence-electron chi connectivity index (χ2n) is 11.0. The summed E-state index contributed by atoms with van der Waals surface area (Å²) in [6.45, 7) is 7.05. The van der Waals surface area contributed by atoms with E-state index in [1.54, 1.807) is 19.1 Å². The normalized spacial score (nSPS) is 22.6. The third-order valence-electron chi connectivity index (χ3n) is 6.53. The summed E-state index contributed by atoms with van der Waals surface area (Å²) in [5.41, 5.74) is -0.198. The van der Waals surface area contributed by atoms with Crippen molar-refractivity contribution in [1.29, 1.82) is 0 Å². The van der Waals surface area contributed by atoms with Gasteiger partial charge in [-0.2, -0.15) is 13.9 Å². The molecule has 0 unspecified atom stereocenters. The molecule has 1 aliphatic rings. The maximum absolute atomic E-state index is 13.3. The molecule has 1 aromatic carbocycles. The quantitative estimate of drug-likeness (QED) is 0.446. The minimum absolute atomic E-state index is 0.0122. The van der Waals surface area contributed by atoms with Gasteiger partial charge < -0.3 is 20.3 Å². The summed E-state index contributed by atoms with van der Waals surface area (Å²) in [4.78, 5) is 13.0. The van der Waals surface area contributed by atoms with Crippen LogP contribution < -0.4 is 10.1 Å². The van der Waals surface area contributed by atoms with Crippen molar-refractivity contribution in [3.63, 3.8) is 0 Å². The summed E-state index contributed by atoms with van der Waals surface area (Å²) in [6, 6.07) is 5.04. The van der Waals surface area contributed by atoms with Gasteiger partial charge in [0.2, 0.25) is 0 Å². The maximum atomic E-state index is 13.3. The van der Waals surface area contributed by atoms with Gasteiger partial charge in [0.15, 0.2) is 5.69 Å². The van der Waals surface area contributed by atoms with Gasteiger partial charge in [0.05, 0.1) is 16.8 Å². The number of rotatable bonds is 8. The van der Waals surface area contributed by atoms with Crippen LogP contribution >= 0.6 is 11.6 Å². The van der Waals surface area contributed by atoms with Crippen molar-refractivity contribution in [3.05, 3.63) is 34.5 Å². The van der Waals surface area contributed by atoms with E-state index in [1.165, 1.54) is 4.68 Å². The highest BCUT2D eigenvalue weighted by molar-refractivity contribution is 6.36. The Morgan fingerprint density at radius 1 is 1.39 bits per heavy atom. The summed E-state index contributed by atoms with van der Waals surface area (Å²) < 4.78 is 32.9. The number of benzene rings is 1. The van der Waals surface area contributed by atoms with Crippen LogP contribution in [0.15, 0.2) is 18.2 Å². The van der Waals surface area contributed by atoms with E-state index >= 15 is 0 Å². The fourth-order valence-corrected chi connectivity index (χ4v) is 4.98. The van der Waals surface area contributed by atoms with E-state index in [4.69, 9.17) is 16.3 Å². The van der Waals surface area contributed by atoms with Crippen molar-refractivity contribution >= 4 is 17.5 Å². The van der Waals surface area contributed by atoms with Crippen molar-refractivity contribution in [3.8, 4) is 17.0 Å². The first kappa shape index (κ1) is 28.3. The number of ether oxygens (including phenoxy) is 1. The first-order valence-electron chi connectivity index (χ1n) is 12.3. The van der Waals surface area contributed by atoms with Crippen LogP contribution in [0.3, 0.4) is 0 Å². The van der Waals surface area contributed by atoms with Gasteiger partial charge in [-0.15, -0.1) is 0 Å². The highest BCUT2D eigenvalue weighted by Crippen LogP contribution is 2.39. The number of hydrogen-bond acceptors (Lipinski definition) is 5. The highest BCUT2D eigenvalue weighted by Gasteiger charge is 2.40. The molecule has 200 valence electrons. The van der Waals surface area contributed by atoms with E-state index < -0.39 is 24.2 Å². The zero-order valence-electron chi connectivity index (χ0n) is 21.4. The van der Waals surface area contributed by atoms with Crippen molar-refractivity contribution in [2.75, 3.05) is 6.54 Å². The Balaban J connectivity index is 1.92. The molecule has 7 nitrogen and oxygen atoms in total. The Hall–Kier alpha value is -2.23. The Labute approximate surface area is 215 Å².